The first kappa shape index (κ1) is 16.7. The summed E-state index contributed by atoms with van der Waals surface area (Å²) < 4.78 is 5.08. The number of benzene rings is 2. The number of aromatic hydroxyl groups is 1. The molecular weight excluding hydrogens is 314 g/mol. The van der Waals surface area contributed by atoms with E-state index in [0.29, 0.717) is 23.6 Å². The van der Waals surface area contributed by atoms with Crippen LogP contribution < -0.4 is 5.32 Å². The van der Waals surface area contributed by atoms with Crippen LogP contribution in [0.4, 0.5) is 4.79 Å². The molecule has 0 heterocycles. The second-order valence-electron chi connectivity index (χ2n) is 4.70. The van der Waals surface area contributed by atoms with E-state index in [2.05, 4.69) is 17.2 Å². The van der Waals surface area contributed by atoms with Crippen LogP contribution in [0.25, 0.3) is 0 Å². The van der Waals surface area contributed by atoms with Crippen molar-refractivity contribution in [3.8, 4) is 17.6 Å². The van der Waals surface area contributed by atoms with Gasteiger partial charge in [0.15, 0.2) is 0 Å². The van der Waals surface area contributed by atoms with Crippen LogP contribution in [0.15, 0.2) is 48.5 Å². The molecule has 0 spiro atoms. The van der Waals surface area contributed by atoms with Crippen molar-refractivity contribution in [3.63, 3.8) is 0 Å². The molecule has 0 bridgehead atoms. The number of phenolic OH excluding ortho intramolecular Hbond substituents is 1. The molecule has 0 aliphatic rings. The first-order valence-corrected chi connectivity index (χ1v) is 7.45. The van der Waals surface area contributed by atoms with Crippen molar-refractivity contribution in [2.45, 2.75) is 13.0 Å². The number of carbonyl (C=O) groups excluding carboxylic acids is 1. The smallest absolute Gasteiger partial charge is 0.407 e. The molecular formula is C18H16ClNO3. The van der Waals surface area contributed by atoms with Crippen LogP contribution in [0.5, 0.6) is 5.75 Å². The SMILES string of the molecule is O=C(NCCC#Cc1cc(O)ccc1Cl)OCc1ccccc1. The molecule has 0 fully saturated rings. The van der Waals surface area contributed by atoms with Gasteiger partial charge in [0.1, 0.15) is 12.4 Å². The quantitative estimate of drug-likeness (QED) is 0.664. The summed E-state index contributed by atoms with van der Waals surface area (Å²) in [4.78, 5) is 11.5. The Morgan fingerprint density at radius 1 is 1.22 bits per heavy atom. The normalized spacial score (nSPS) is 9.61. The molecule has 2 aromatic rings. The van der Waals surface area contributed by atoms with E-state index in [4.69, 9.17) is 16.3 Å². The third-order valence-corrected chi connectivity index (χ3v) is 3.23. The van der Waals surface area contributed by atoms with Crippen LogP contribution in [-0.2, 0) is 11.3 Å². The molecule has 0 aliphatic carbocycles. The van der Waals surface area contributed by atoms with E-state index < -0.39 is 6.09 Å². The summed E-state index contributed by atoms with van der Waals surface area (Å²) in [6, 6.07) is 14.0. The summed E-state index contributed by atoms with van der Waals surface area (Å²) in [5.74, 6) is 5.85. The lowest BCUT2D eigenvalue weighted by molar-refractivity contribution is 0.140. The van der Waals surface area contributed by atoms with Gasteiger partial charge >= 0.3 is 6.09 Å². The first-order valence-electron chi connectivity index (χ1n) is 7.07. The Balaban J connectivity index is 1.70. The van der Waals surface area contributed by atoms with Crippen molar-refractivity contribution in [3.05, 3.63) is 64.7 Å². The molecule has 2 aromatic carbocycles. The maximum atomic E-state index is 11.5. The lowest BCUT2D eigenvalue weighted by atomic mass is 10.2. The second-order valence-corrected chi connectivity index (χ2v) is 5.11. The summed E-state index contributed by atoms with van der Waals surface area (Å²) in [5.41, 5.74) is 1.49. The lowest BCUT2D eigenvalue weighted by Gasteiger charge is -2.05. The number of carbonyl (C=O) groups is 1. The van der Waals surface area contributed by atoms with E-state index in [9.17, 15) is 9.90 Å². The van der Waals surface area contributed by atoms with Crippen LogP contribution in [0.3, 0.4) is 0 Å². The Hall–Kier alpha value is -2.64. The minimum Gasteiger partial charge on any atom is -0.508 e. The van der Waals surface area contributed by atoms with E-state index in [-0.39, 0.29) is 12.4 Å². The highest BCUT2D eigenvalue weighted by molar-refractivity contribution is 6.31. The molecule has 0 saturated carbocycles. The summed E-state index contributed by atoms with van der Waals surface area (Å²) in [6.45, 7) is 0.605. The van der Waals surface area contributed by atoms with Crippen molar-refractivity contribution in [1.82, 2.24) is 5.32 Å². The number of hydrogen-bond acceptors (Lipinski definition) is 3. The minimum absolute atomic E-state index is 0.112. The standard InChI is InChI=1S/C18H16ClNO3/c19-17-10-9-16(21)12-15(17)8-4-5-11-20-18(22)23-13-14-6-2-1-3-7-14/h1-3,6-7,9-10,12,21H,5,11,13H2,(H,20,22). The lowest BCUT2D eigenvalue weighted by Crippen LogP contribution is -2.24. The highest BCUT2D eigenvalue weighted by atomic mass is 35.5. The number of alkyl carbamates (subject to hydrolysis) is 1. The Bertz CT molecular complexity index is 720. The fourth-order valence-electron chi connectivity index (χ4n) is 1.77. The largest absolute Gasteiger partial charge is 0.508 e. The fraction of sp³-hybridized carbons (Fsp3) is 0.167. The predicted octanol–water partition coefficient (Wildman–Crippen LogP) is 3.71. The number of ether oxygens (including phenoxy) is 1. The highest BCUT2D eigenvalue weighted by Gasteiger charge is 2.01. The molecule has 0 unspecified atom stereocenters. The number of rotatable bonds is 4. The third kappa shape index (κ3) is 5.93. The fourth-order valence-corrected chi connectivity index (χ4v) is 1.93. The van der Waals surface area contributed by atoms with Gasteiger partial charge in [0.05, 0.1) is 5.02 Å². The maximum absolute atomic E-state index is 11.5. The number of hydrogen-bond donors (Lipinski definition) is 2. The monoisotopic (exact) mass is 329 g/mol. The van der Waals surface area contributed by atoms with Crippen molar-refractivity contribution >= 4 is 17.7 Å². The van der Waals surface area contributed by atoms with Crippen molar-refractivity contribution in [2.24, 2.45) is 0 Å². The Kier molecular flexibility index (Phi) is 6.34. The van der Waals surface area contributed by atoms with Gasteiger partial charge in [-0.1, -0.05) is 53.8 Å². The second kappa shape index (κ2) is 8.72. The Labute approximate surface area is 140 Å². The van der Waals surface area contributed by atoms with Gasteiger partial charge in [-0.25, -0.2) is 4.79 Å². The molecule has 0 aliphatic heterocycles. The molecule has 0 saturated heterocycles. The van der Waals surface area contributed by atoms with Crippen molar-refractivity contribution in [1.29, 1.82) is 0 Å². The van der Waals surface area contributed by atoms with E-state index in [0.717, 1.165) is 5.56 Å². The van der Waals surface area contributed by atoms with Crippen LogP contribution >= 0.6 is 11.6 Å². The summed E-state index contributed by atoms with van der Waals surface area (Å²) in [5, 5.41) is 12.5. The molecule has 4 nitrogen and oxygen atoms in total. The van der Waals surface area contributed by atoms with E-state index in [1.54, 1.807) is 6.07 Å². The molecule has 2 rings (SSSR count). The molecule has 2 N–H and O–H groups in total. The zero-order chi connectivity index (χ0) is 16.5. The van der Waals surface area contributed by atoms with Crippen LogP contribution in [0.2, 0.25) is 5.02 Å². The van der Waals surface area contributed by atoms with Crippen LogP contribution in [0.1, 0.15) is 17.5 Å². The molecule has 0 aromatic heterocycles. The van der Waals surface area contributed by atoms with Crippen molar-refractivity contribution in [2.75, 3.05) is 6.54 Å². The average Bonchev–Trinajstić information content (AvgIpc) is 2.56. The predicted molar refractivity (Wildman–Crippen MR) is 89.2 cm³/mol. The first-order chi connectivity index (χ1) is 11.1. The van der Waals surface area contributed by atoms with Gasteiger partial charge in [0.2, 0.25) is 0 Å². The Morgan fingerprint density at radius 2 is 2.00 bits per heavy atom. The van der Waals surface area contributed by atoms with E-state index in [1.165, 1.54) is 12.1 Å². The minimum atomic E-state index is -0.481. The zero-order valence-corrected chi connectivity index (χ0v) is 13.1. The number of phenols is 1. The molecule has 118 valence electrons. The molecule has 23 heavy (non-hydrogen) atoms. The van der Waals surface area contributed by atoms with E-state index in [1.807, 2.05) is 30.3 Å². The summed E-state index contributed by atoms with van der Waals surface area (Å²) in [7, 11) is 0. The summed E-state index contributed by atoms with van der Waals surface area (Å²) in [6.07, 6.45) is -0.0297. The topological polar surface area (TPSA) is 58.6 Å². The van der Waals surface area contributed by atoms with Crippen molar-refractivity contribution < 1.29 is 14.6 Å². The van der Waals surface area contributed by atoms with Crippen LogP contribution in [-0.4, -0.2) is 17.7 Å². The Morgan fingerprint density at radius 3 is 2.78 bits per heavy atom. The van der Waals surface area contributed by atoms with E-state index >= 15 is 0 Å². The number of nitrogens with one attached hydrogen (secondary N) is 1. The number of halogens is 1. The van der Waals surface area contributed by atoms with Gasteiger partial charge in [-0.3, -0.25) is 0 Å². The van der Waals surface area contributed by atoms with Gasteiger partial charge in [-0.15, -0.1) is 0 Å². The molecule has 1 amide bonds. The highest BCUT2D eigenvalue weighted by Crippen LogP contribution is 2.19. The molecule has 0 atom stereocenters. The third-order valence-electron chi connectivity index (χ3n) is 2.91. The van der Waals surface area contributed by atoms with Gasteiger partial charge in [-0.2, -0.15) is 0 Å². The van der Waals surface area contributed by atoms with Gasteiger partial charge in [0.25, 0.3) is 0 Å². The van der Waals surface area contributed by atoms with Gasteiger partial charge in [0, 0.05) is 18.5 Å². The maximum Gasteiger partial charge on any atom is 0.407 e. The van der Waals surface area contributed by atoms with Crippen LogP contribution in [0, 0.1) is 11.8 Å². The average molecular weight is 330 g/mol. The van der Waals surface area contributed by atoms with Gasteiger partial charge in [-0.05, 0) is 23.8 Å². The molecule has 0 radical (unpaired) electrons. The number of amides is 1. The van der Waals surface area contributed by atoms with Gasteiger partial charge < -0.3 is 15.2 Å². The molecule has 5 heteroatoms. The summed E-state index contributed by atoms with van der Waals surface area (Å²) >= 11 is 5.96. The zero-order valence-electron chi connectivity index (χ0n) is 12.4.